The number of nitrogens with one attached hydrogen (secondary N) is 1. The Morgan fingerprint density at radius 2 is 2.05 bits per heavy atom. The highest BCUT2D eigenvalue weighted by atomic mass is 15.2. The molecule has 0 amide bonds. The lowest BCUT2D eigenvalue weighted by atomic mass is 10.2. The molecule has 20 heavy (non-hydrogen) atoms. The molecule has 1 aliphatic rings. The van der Waals surface area contributed by atoms with Gasteiger partial charge in [-0.15, -0.1) is 0 Å². The van der Waals surface area contributed by atoms with E-state index in [0.29, 0.717) is 0 Å². The summed E-state index contributed by atoms with van der Waals surface area (Å²) in [6, 6.07) is 7.07. The van der Waals surface area contributed by atoms with Gasteiger partial charge in [-0.3, -0.25) is 14.8 Å². The second-order valence-electron chi connectivity index (χ2n) is 5.55. The SMILES string of the molecule is CCN(CC)C1CCN(Cc2cccc(CNC)n2)C1. The van der Waals surface area contributed by atoms with Crippen LogP contribution in [0.2, 0.25) is 0 Å². The van der Waals surface area contributed by atoms with Gasteiger partial charge in [0.1, 0.15) is 0 Å². The maximum Gasteiger partial charge on any atom is 0.0547 e. The normalized spacial score (nSPS) is 19.9. The summed E-state index contributed by atoms with van der Waals surface area (Å²) < 4.78 is 0. The Morgan fingerprint density at radius 3 is 2.75 bits per heavy atom. The maximum absolute atomic E-state index is 4.72. The van der Waals surface area contributed by atoms with Gasteiger partial charge in [0.15, 0.2) is 0 Å². The second-order valence-corrected chi connectivity index (χ2v) is 5.55. The molecule has 1 unspecified atom stereocenters. The van der Waals surface area contributed by atoms with E-state index >= 15 is 0 Å². The average Bonchev–Trinajstić information content (AvgIpc) is 2.89. The zero-order valence-corrected chi connectivity index (χ0v) is 13.1. The van der Waals surface area contributed by atoms with Gasteiger partial charge in [-0.2, -0.15) is 0 Å². The van der Waals surface area contributed by atoms with E-state index in [-0.39, 0.29) is 0 Å². The third-order valence-electron chi connectivity index (χ3n) is 4.18. The number of aromatic nitrogens is 1. The highest BCUT2D eigenvalue weighted by Gasteiger charge is 2.26. The van der Waals surface area contributed by atoms with E-state index in [2.05, 4.69) is 47.2 Å². The van der Waals surface area contributed by atoms with E-state index in [1.165, 1.54) is 25.2 Å². The smallest absolute Gasteiger partial charge is 0.0547 e. The monoisotopic (exact) mass is 276 g/mol. The molecular weight excluding hydrogens is 248 g/mol. The number of rotatable bonds is 7. The molecule has 0 bridgehead atoms. The highest BCUT2D eigenvalue weighted by Crippen LogP contribution is 2.17. The lowest BCUT2D eigenvalue weighted by Gasteiger charge is -2.26. The summed E-state index contributed by atoms with van der Waals surface area (Å²) in [4.78, 5) is 9.83. The van der Waals surface area contributed by atoms with E-state index in [1.807, 2.05) is 7.05 Å². The molecule has 1 fully saturated rings. The third kappa shape index (κ3) is 4.01. The number of likely N-dealkylation sites (tertiary alicyclic amines) is 1. The van der Waals surface area contributed by atoms with Gasteiger partial charge in [-0.25, -0.2) is 0 Å². The van der Waals surface area contributed by atoms with E-state index < -0.39 is 0 Å². The van der Waals surface area contributed by atoms with Crippen LogP contribution in [0.25, 0.3) is 0 Å². The first kappa shape index (κ1) is 15.4. The molecule has 0 aliphatic carbocycles. The van der Waals surface area contributed by atoms with Crippen molar-refractivity contribution in [2.75, 3.05) is 33.2 Å². The quantitative estimate of drug-likeness (QED) is 0.821. The summed E-state index contributed by atoms with van der Waals surface area (Å²) in [5.74, 6) is 0. The fourth-order valence-electron chi connectivity index (χ4n) is 3.12. The lowest BCUT2D eigenvalue weighted by Crippen LogP contribution is -2.37. The summed E-state index contributed by atoms with van der Waals surface area (Å²) in [6.45, 7) is 11.0. The highest BCUT2D eigenvalue weighted by molar-refractivity contribution is 5.11. The van der Waals surface area contributed by atoms with Gasteiger partial charge in [-0.1, -0.05) is 19.9 Å². The number of hydrogen-bond acceptors (Lipinski definition) is 4. The van der Waals surface area contributed by atoms with E-state index in [9.17, 15) is 0 Å². The Kier molecular flexibility index (Phi) is 5.95. The van der Waals surface area contributed by atoms with Crippen molar-refractivity contribution in [2.24, 2.45) is 0 Å². The minimum Gasteiger partial charge on any atom is -0.314 e. The summed E-state index contributed by atoms with van der Waals surface area (Å²) in [5, 5.41) is 3.16. The predicted octanol–water partition coefficient (Wildman–Crippen LogP) is 1.72. The first-order chi connectivity index (χ1) is 9.76. The predicted molar refractivity (Wildman–Crippen MR) is 83.6 cm³/mol. The minimum absolute atomic E-state index is 0.727. The van der Waals surface area contributed by atoms with Crippen LogP contribution in [0.5, 0.6) is 0 Å². The summed E-state index contributed by atoms with van der Waals surface area (Å²) in [7, 11) is 1.96. The van der Waals surface area contributed by atoms with Crippen molar-refractivity contribution in [3.63, 3.8) is 0 Å². The van der Waals surface area contributed by atoms with Crippen molar-refractivity contribution in [2.45, 2.75) is 39.4 Å². The zero-order chi connectivity index (χ0) is 14.4. The van der Waals surface area contributed by atoms with Crippen molar-refractivity contribution >= 4 is 0 Å². The number of likely N-dealkylation sites (N-methyl/N-ethyl adjacent to an activating group) is 1. The fraction of sp³-hybridized carbons (Fsp3) is 0.688. The van der Waals surface area contributed by atoms with Gasteiger partial charge in [0.05, 0.1) is 11.4 Å². The number of nitrogens with zero attached hydrogens (tertiary/aromatic N) is 3. The molecule has 2 heterocycles. The Labute approximate surface area is 123 Å². The van der Waals surface area contributed by atoms with Gasteiger partial charge in [-0.05, 0) is 38.7 Å². The Hall–Kier alpha value is -0.970. The topological polar surface area (TPSA) is 31.4 Å². The number of pyridine rings is 1. The van der Waals surface area contributed by atoms with Crippen LogP contribution in [0.1, 0.15) is 31.7 Å². The van der Waals surface area contributed by atoms with Crippen LogP contribution >= 0.6 is 0 Å². The van der Waals surface area contributed by atoms with Crippen molar-refractivity contribution in [3.8, 4) is 0 Å². The van der Waals surface area contributed by atoms with Crippen molar-refractivity contribution in [3.05, 3.63) is 29.6 Å². The fourth-order valence-corrected chi connectivity index (χ4v) is 3.12. The van der Waals surface area contributed by atoms with Crippen LogP contribution in [0, 0.1) is 0 Å². The summed E-state index contributed by atoms with van der Waals surface area (Å²) in [6.07, 6.45) is 1.29. The largest absolute Gasteiger partial charge is 0.314 e. The van der Waals surface area contributed by atoms with E-state index in [4.69, 9.17) is 4.98 Å². The van der Waals surface area contributed by atoms with Crippen LogP contribution in [-0.2, 0) is 13.1 Å². The van der Waals surface area contributed by atoms with Crippen molar-refractivity contribution in [1.82, 2.24) is 20.1 Å². The van der Waals surface area contributed by atoms with Crippen LogP contribution in [-0.4, -0.2) is 54.1 Å². The van der Waals surface area contributed by atoms with Gasteiger partial charge < -0.3 is 5.32 Å². The zero-order valence-electron chi connectivity index (χ0n) is 13.1. The van der Waals surface area contributed by atoms with E-state index in [1.54, 1.807) is 0 Å². The van der Waals surface area contributed by atoms with Gasteiger partial charge >= 0.3 is 0 Å². The Balaban J connectivity index is 1.90. The van der Waals surface area contributed by atoms with Gasteiger partial charge in [0, 0.05) is 32.2 Å². The molecular formula is C16H28N4. The second kappa shape index (κ2) is 7.72. The minimum atomic E-state index is 0.727. The Bertz CT molecular complexity index is 403. The molecule has 1 aliphatic heterocycles. The molecule has 0 saturated carbocycles. The molecule has 1 N–H and O–H groups in total. The standard InChI is InChI=1S/C16H28N4/c1-4-20(5-2)16-9-10-19(13-16)12-15-8-6-7-14(18-15)11-17-3/h6-8,16-17H,4-5,9-13H2,1-3H3. The third-order valence-corrected chi connectivity index (χ3v) is 4.18. The first-order valence-corrected chi connectivity index (χ1v) is 7.82. The molecule has 4 heteroatoms. The summed E-state index contributed by atoms with van der Waals surface area (Å²) >= 11 is 0. The van der Waals surface area contributed by atoms with Crippen molar-refractivity contribution < 1.29 is 0 Å². The molecule has 112 valence electrons. The van der Waals surface area contributed by atoms with E-state index in [0.717, 1.165) is 37.9 Å². The molecule has 1 aromatic rings. The van der Waals surface area contributed by atoms with Gasteiger partial charge in [0.2, 0.25) is 0 Å². The first-order valence-electron chi connectivity index (χ1n) is 7.82. The Morgan fingerprint density at radius 1 is 1.30 bits per heavy atom. The molecule has 0 spiro atoms. The molecule has 0 radical (unpaired) electrons. The lowest BCUT2D eigenvalue weighted by molar-refractivity contribution is 0.208. The van der Waals surface area contributed by atoms with Crippen LogP contribution < -0.4 is 5.32 Å². The molecule has 0 aromatic carbocycles. The van der Waals surface area contributed by atoms with Gasteiger partial charge in [0.25, 0.3) is 0 Å². The molecule has 4 nitrogen and oxygen atoms in total. The number of hydrogen-bond donors (Lipinski definition) is 1. The van der Waals surface area contributed by atoms with Crippen LogP contribution in [0.3, 0.4) is 0 Å². The van der Waals surface area contributed by atoms with Crippen molar-refractivity contribution in [1.29, 1.82) is 0 Å². The van der Waals surface area contributed by atoms with Crippen LogP contribution in [0.15, 0.2) is 18.2 Å². The average molecular weight is 276 g/mol. The molecule has 1 saturated heterocycles. The molecule has 1 atom stereocenters. The summed E-state index contributed by atoms with van der Waals surface area (Å²) in [5.41, 5.74) is 2.32. The molecule has 2 rings (SSSR count). The molecule has 1 aromatic heterocycles. The van der Waals surface area contributed by atoms with Crippen LogP contribution in [0.4, 0.5) is 0 Å². The maximum atomic E-state index is 4.72.